The minimum absolute atomic E-state index is 0.438. The number of nitrogens with zero attached hydrogens (tertiary/aromatic N) is 2. The standard InChI is InChI=1S/C11H20N2O2/c1-3-12-6-8-13(9-7-12)5-4-10(2)11(14)15/h4H,3,5-9H2,1-2H3,(H,14,15). The molecule has 0 amide bonds. The molecule has 0 spiro atoms. The van der Waals surface area contributed by atoms with Gasteiger partial charge >= 0.3 is 5.97 Å². The minimum Gasteiger partial charge on any atom is -0.478 e. The molecule has 0 aromatic carbocycles. The number of hydrogen-bond acceptors (Lipinski definition) is 3. The van der Waals surface area contributed by atoms with Gasteiger partial charge in [0.2, 0.25) is 0 Å². The van der Waals surface area contributed by atoms with E-state index in [1.807, 2.05) is 0 Å². The highest BCUT2D eigenvalue weighted by atomic mass is 16.4. The van der Waals surface area contributed by atoms with E-state index in [-0.39, 0.29) is 0 Å². The van der Waals surface area contributed by atoms with Crippen LogP contribution in [-0.4, -0.2) is 60.1 Å². The third kappa shape index (κ3) is 4.01. The van der Waals surface area contributed by atoms with Gasteiger partial charge in [-0.05, 0) is 13.5 Å². The van der Waals surface area contributed by atoms with Crippen LogP contribution in [0.4, 0.5) is 0 Å². The Morgan fingerprint density at radius 3 is 2.27 bits per heavy atom. The molecule has 0 aromatic heterocycles. The summed E-state index contributed by atoms with van der Waals surface area (Å²) in [5.41, 5.74) is 0.438. The van der Waals surface area contributed by atoms with Crippen molar-refractivity contribution in [2.45, 2.75) is 13.8 Å². The molecule has 0 bridgehead atoms. The van der Waals surface area contributed by atoms with Crippen LogP contribution in [0.2, 0.25) is 0 Å². The molecule has 86 valence electrons. The van der Waals surface area contributed by atoms with Crippen LogP contribution in [0.3, 0.4) is 0 Å². The van der Waals surface area contributed by atoms with Gasteiger partial charge in [-0.1, -0.05) is 13.0 Å². The van der Waals surface area contributed by atoms with Gasteiger partial charge < -0.3 is 10.0 Å². The average molecular weight is 212 g/mol. The maximum atomic E-state index is 10.6. The van der Waals surface area contributed by atoms with Crippen molar-refractivity contribution in [2.75, 3.05) is 39.3 Å². The number of hydrogen-bond donors (Lipinski definition) is 1. The highest BCUT2D eigenvalue weighted by Gasteiger charge is 2.14. The summed E-state index contributed by atoms with van der Waals surface area (Å²) in [6.07, 6.45) is 1.80. The van der Waals surface area contributed by atoms with Crippen molar-refractivity contribution in [3.05, 3.63) is 11.6 Å². The van der Waals surface area contributed by atoms with Crippen molar-refractivity contribution in [2.24, 2.45) is 0 Å². The zero-order valence-electron chi connectivity index (χ0n) is 9.57. The number of piperazine rings is 1. The van der Waals surface area contributed by atoms with Crippen molar-refractivity contribution in [3.63, 3.8) is 0 Å². The Bertz CT molecular complexity index is 243. The van der Waals surface area contributed by atoms with Crippen molar-refractivity contribution in [3.8, 4) is 0 Å². The van der Waals surface area contributed by atoms with Gasteiger partial charge in [0.1, 0.15) is 0 Å². The second-order valence-electron chi connectivity index (χ2n) is 3.93. The monoisotopic (exact) mass is 212 g/mol. The van der Waals surface area contributed by atoms with Gasteiger partial charge in [-0.15, -0.1) is 0 Å². The lowest BCUT2D eigenvalue weighted by molar-refractivity contribution is -0.132. The minimum atomic E-state index is -0.817. The van der Waals surface area contributed by atoms with Crippen LogP contribution in [0.1, 0.15) is 13.8 Å². The summed E-state index contributed by atoms with van der Waals surface area (Å²) in [4.78, 5) is 15.3. The Hall–Kier alpha value is -0.870. The summed E-state index contributed by atoms with van der Waals surface area (Å²) in [7, 11) is 0. The van der Waals surface area contributed by atoms with E-state index >= 15 is 0 Å². The molecule has 0 atom stereocenters. The fraction of sp³-hybridized carbons (Fsp3) is 0.727. The van der Waals surface area contributed by atoms with Crippen LogP contribution in [0.15, 0.2) is 11.6 Å². The van der Waals surface area contributed by atoms with Crippen molar-refractivity contribution >= 4 is 5.97 Å². The molecular weight excluding hydrogens is 192 g/mol. The second kappa shape index (κ2) is 5.88. The first-order chi connectivity index (χ1) is 7.13. The Balaban J connectivity index is 2.30. The third-order valence-corrected chi connectivity index (χ3v) is 2.91. The number of carbonyl (C=O) groups is 1. The molecule has 4 heteroatoms. The molecule has 0 aromatic rings. The molecule has 1 N–H and O–H groups in total. The first-order valence-electron chi connectivity index (χ1n) is 5.48. The molecule has 0 unspecified atom stereocenters. The molecule has 1 aliphatic rings. The lowest BCUT2D eigenvalue weighted by Crippen LogP contribution is -2.46. The normalized spacial score (nSPS) is 20.5. The summed E-state index contributed by atoms with van der Waals surface area (Å²) in [5, 5.41) is 8.70. The first kappa shape index (κ1) is 12.2. The molecule has 1 saturated heterocycles. The van der Waals surface area contributed by atoms with Gasteiger partial charge in [0.05, 0.1) is 0 Å². The van der Waals surface area contributed by atoms with Crippen molar-refractivity contribution in [1.29, 1.82) is 0 Å². The lowest BCUT2D eigenvalue weighted by Gasteiger charge is -2.33. The van der Waals surface area contributed by atoms with Crippen molar-refractivity contribution < 1.29 is 9.90 Å². The number of rotatable bonds is 4. The second-order valence-corrected chi connectivity index (χ2v) is 3.93. The van der Waals surface area contributed by atoms with Gasteiger partial charge in [0, 0.05) is 38.3 Å². The Morgan fingerprint density at radius 2 is 1.80 bits per heavy atom. The van der Waals surface area contributed by atoms with E-state index in [0.29, 0.717) is 5.57 Å². The molecule has 1 aliphatic heterocycles. The SMILES string of the molecule is CCN1CCN(CC=C(C)C(=O)O)CC1. The summed E-state index contributed by atoms with van der Waals surface area (Å²) >= 11 is 0. The smallest absolute Gasteiger partial charge is 0.330 e. The van der Waals surface area contributed by atoms with E-state index in [2.05, 4.69) is 16.7 Å². The van der Waals surface area contributed by atoms with E-state index in [0.717, 1.165) is 39.3 Å². The topological polar surface area (TPSA) is 43.8 Å². The molecule has 4 nitrogen and oxygen atoms in total. The average Bonchev–Trinajstić information content (AvgIpc) is 2.26. The van der Waals surface area contributed by atoms with Crippen LogP contribution < -0.4 is 0 Å². The Morgan fingerprint density at radius 1 is 1.27 bits per heavy atom. The van der Waals surface area contributed by atoms with E-state index in [4.69, 9.17) is 5.11 Å². The highest BCUT2D eigenvalue weighted by molar-refractivity contribution is 5.85. The highest BCUT2D eigenvalue weighted by Crippen LogP contribution is 2.02. The molecule has 1 rings (SSSR count). The summed E-state index contributed by atoms with van der Waals surface area (Å²) in [5.74, 6) is -0.817. The molecule has 1 heterocycles. The third-order valence-electron chi connectivity index (χ3n) is 2.91. The van der Waals surface area contributed by atoms with Gasteiger partial charge in [-0.25, -0.2) is 4.79 Å². The predicted molar refractivity (Wildman–Crippen MR) is 59.9 cm³/mol. The Kier molecular flexibility index (Phi) is 4.78. The number of aliphatic carboxylic acids is 1. The molecule has 1 fully saturated rings. The Labute approximate surface area is 91.2 Å². The molecular formula is C11H20N2O2. The van der Waals surface area contributed by atoms with Crippen LogP contribution in [0, 0.1) is 0 Å². The first-order valence-corrected chi connectivity index (χ1v) is 5.48. The molecule has 0 radical (unpaired) electrons. The van der Waals surface area contributed by atoms with Gasteiger partial charge in [0.15, 0.2) is 0 Å². The fourth-order valence-electron chi connectivity index (χ4n) is 1.64. The van der Waals surface area contributed by atoms with Crippen molar-refractivity contribution in [1.82, 2.24) is 9.80 Å². The zero-order chi connectivity index (χ0) is 11.3. The number of likely N-dealkylation sites (N-methyl/N-ethyl adjacent to an activating group) is 1. The van der Waals surface area contributed by atoms with Gasteiger partial charge in [-0.2, -0.15) is 0 Å². The summed E-state index contributed by atoms with van der Waals surface area (Å²) in [6.45, 7) is 9.95. The largest absolute Gasteiger partial charge is 0.478 e. The maximum Gasteiger partial charge on any atom is 0.330 e. The van der Waals surface area contributed by atoms with E-state index in [1.165, 1.54) is 0 Å². The van der Waals surface area contributed by atoms with Crippen LogP contribution in [-0.2, 0) is 4.79 Å². The molecule has 0 saturated carbocycles. The fourth-order valence-corrected chi connectivity index (χ4v) is 1.64. The van der Waals surface area contributed by atoms with E-state index in [9.17, 15) is 4.79 Å². The quantitative estimate of drug-likeness (QED) is 0.695. The van der Waals surface area contributed by atoms with Gasteiger partial charge in [0.25, 0.3) is 0 Å². The van der Waals surface area contributed by atoms with Gasteiger partial charge in [-0.3, -0.25) is 4.90 Å². The molecule has 0 aliphatic carbocycles. The predicted octanol–water partition coefficient (Wildman–Crippen LogP) is 0.655. The maximum absolute atomic E-state index is 10.6. The summed E-state index contributed by atoms with van der Waals surface area (Å²) < 4.78 is 0. The molecule has 15 heavy (non-hydrogen) atoms. The van der Waals surface area contributed by atoms with E-state index < -0.39 is 5.97 Å². The number of carboxylic acids is 1. The van der Waals surface area contributed by atoms with Crippen LogP contribution in [0.5, 0.6) is 0 Å². The lowest BCUT2D eigenvalue weighted by atomic mass is 10.2. The zero-order valence-corrected chi connectivity index (χ0v) is 9.57. The number of carboxylic acid groups (broad SMARTS) is 1. The van der Waals surface area contributed by atoms with Crippen LogP contribution in [0.25, 0.3) is 0 Å². The summed E-state index contributed by atoms with van der Waals surface area (Å²) in [6, 6.07) is 0. The van der Waals surface area contributed by atoms with E-state index in [1.54, 1.807) is 13.0 Å². The van der Waals surface area contributed by atoms with Crippen LogP contribution >= 0.6 is 0 Å².